The minimum Gasteiger partial charge on any atom is -0.368 e. The molecule has 1 aromatic carbocycles. The molecule has 5 rings (SSSR count). The van der Waals surface area contributed by atoms with E-state index >= 15 is 0 Å². The molecule has 29 heavy (non-hydrogen) atoms. The Balaban J connectivity index is 1.27. The fourth-order valence-corrected chi connectivity index (χ4v) is 4.01. The highest BCUT2D eigenvalue weighted by Crippen LogP contribution is 2.27. The Morgan fingerprint density at radius 3 is 2.66 bits per heavy atom. The number of carbonyl (C=O) groups excluding carboxylic acids is 1. The number of fused-ring (bicyclic) bond motifs is 2. The lowest BCUT2D eigenvalue weighted by atomic mass is 10.2. The smallest absolute Gasteiger partial charge is 0.321 e. The topological polar surface area (TPSA) is 126 Å². The van der Waals surface area contributed by atoms with Crippen molar-refractivity contribution in [1.29, 1.82) is 0 Å². The van der Waals surface area contributed by atoms with Gasteiger partial charge in [-0.3, -0.25) is 9.97 Å². The molecule has 1 fully saturated rings. The molecule has 0 atom stereocenters. The van der Waals surface area contributed by atoms with Gasteiger partial charge in [0, 0.05) is 44.3 Å². The van der Waals surface area contributed by atoms with E-state index in [0.717, 1.165) is 27.2 Å². The predicted octanol–water partition coefficient (Wildman–Crippen LogP) is 1.97. The summed E-state index contributed by atoms with van der Waals surface area (Å²) in [4.78, 5) is 38.8. The molecule has 3 aromatic heterocycles. The maximum Gasteiger partial charge on any atom is 0.321 e. The predicted molar refractivity (Wildman–Crippen MR) is 112 cm³/mol. The van der Waals surface area contributed by atoms with Crippen LogP contribution in [0.2, 0.25) is 0 Å². The van der Waals surface area contributed by atoms with Crippen LogP contribution in [0.3, 0.4) is 0 Å². The highest BCUT2D eigenvalue weighted by molar-refractivity contribution is 7.16. The summed E-state index contributed by atoms with van der Waals surface area (Å²) in [6, 6.07) is 5.34. The van der Waals surface area contributed by atoms with Gasteiger partial charge in [0.15, 0.2) is 10.6 Å². The summed E-state index contributed by atoms with van der Waals surface area (Å²) in [5, 5.41) is 2.94. The summed E-state index contributed by atoms with van der Waals surface area (Å²) in [6.07, 6.45) is 3.27. The number of nitrogens with two attached hydrogens (primary N) is 1. The lowest BCUT2D eigenvalue weighted by Gasteiger charge is -2.35. The zero-order valence-electron chi connectivity index (χ0n) is 15.3. The number of carbonyl (C=O) groups is 1. The number of thiazole rings is 1. The van der Waals surface area contributed by atoms with E-state index in [2.05, 4.69) is 35.1 Å². The number of anilines is 3. The second-order valence-electron chi connectivity index (χ2n) is 6.58. The fourth-order valence-electron chi connectivity index (χ4n) is 3.35. The second-order valence-corrected chi connectivity index (χ2v) is 7.41. The summed E-state index contributed by atoms with van der Waals surface area (Å²) < 4.78 is 0. The van der Waals surface area contributed by atoms with Crippen LogP contribution in [0.5, 0.6) is 0 Å². The van der Waals surface area contributed by atoms with E-state index < -0.39 is 0 Å². The van der Waals surface area contributed by atoms with Crippen molar-refractivity contribution < 1.29 is 4.79 Å². The first-order chi connectivity index (χ1) is 14.2. The number of hydrogen-bond acceptors (Lipinski definition) is 9. The van der Waals surface area contributed by atoms with Crippen LogP contribution in [0.15, 0.2) is 36.1 Å². The molecule has 146 valence electrons. The summed E-state index contributed by atoms with van der Waals surface area (Å²) in [5.74, 6) is 0.957. The Morgan fingerprint density at radius 2 is 1.83 bits per heavy atom. The summed E-state index contributed by atoms with van der Waals surface area (Å²) >= 11 is 1.43. The Bertz CT molecular complexity index is 1200. The number of hydrogen-bond donors (Lipinski definition) is 2. The fraction of sp³-hybridized carbons (Fsp3) is 0.222. The molecule has 3 N–H and O–H groups in total. The highest BCUT2D eigenvalue weighted by Gasteiger charge is 2.24. The molecule has 1 aliphatic rings. The molecular formula is C18H17N9OS. The zero-order valence-corrected chi connectivity index (χ0v) is 16.1. The summed E-state index contributed by atoms with van der Waals surface area (Å²) in [5.41, 5.74) is 10.5. The summed E-state index contributed by atoms with van der Waals surface area (Å²) in [6.45, 7) is 2.41. The lowest BCUT2D eigenvalue weighted by molar-refractivity contribution is 0.208. The summed E-state index contributed by atoms with van der Waals surface area (Å²) in [7, 11) is 0. The first-order valence-electron chi connectivity index (χ1n) is 9.06. The van der Waals surface area contributed by atoms with Crippen LogP contribution in [0.25, 0.3) is 21.4 Å². The van der Waals surface area contributed by atoms with E-state index in [4.69, 9.17) is 5.73 Å². The van der Waals surface area contributed by atoms with E-state index in [0.29, 0.717) is 31.9 Å². The molecule has 4 aromatic rings. The van der Waals surface area contributed by atoms with E-state index in [9.17, 15) is 4.79 Å². The van der Waals surface area contributed by atoms with Gasteiger partial charge in [0.1, 0.15) is 5.52 Å². The van der Waals surface area contributed by atoms with E-state index in [1.165, 1.54) is 11.3 Å². The van der Waals surface area contributed by atoms with Crippen LogP contribution in [0, 0.1) is 0 Å². The van der Waals surface area contributed by atoms with Gasteiger partial charge >= 0.3 is 6.03 Å². The number of nitrogen functional groups attached to an aromatic ring is 1. The van der Waals surface area contributed by atoms with Crippen LogP contribution >= 0.6 is 11.3 Å². The first kappa shape index (κ1) is 17.5. The maximum absolute atomic E-state index is 12.7. The van der Waals surface area contributed by atoms with Crippen molar-refractivity contribution in [2.24, 2.45) is 0 Å². The van der Waals surface area contributed by atoms with Gasteiger partial charge in [-0.05, 0) is 18.2 Å². The molecule has 4 heterocycles. The van der Waals surface area contributed by atoms with Gasteiger partial charge in [-0.2, -0.15) is 4.98 Å². The number of benzene rings is 1. The van der Waals surface area contributed by atoms with Crippen molar-refractivity contribution >= 4 is 56.2 Å². The minimum absolute atomic E-state index is 0.145. The van der Waals surface area contributed by atoms with Crippen molar-refractivity contribution in [3.05, 3.63) is 36.1 Å². The monoisotopic (exact) mass is 407 g/mol. The molecule has 2 amide bonds. The third-order valence-electron chi connectivity index (χ3n) is 4.78. The van der Waals surface area contributed by atoms with E-state index in [-0.39, 0.29) is 12.0 Å². The first-order valence-corrected chi connectivity index (χ1v) is 9.94. The third-order valence-corrected chi connectivity index (χ3v) is 5.50. The van der Waals surface area contributed by atoms with Gasteiger partial charge in [0.25, 0.3) is 0 Å². The van der Waals surface area contributed by atoms with E-state index in [1.54, 1.807) is 22.8 Å². The van der Waals surface area contributed by atoms with Crippen molar-refractivity contribution in [3.8, 4) is 0 Å². The van der Waals surface area contributed by atoms with E-state index in [1.807, 2.05) is 18.2 Å². The van der Waals surface area contributed by atoms with Gasteiger partial charge in [-0.1, -0.05) is 0 Å². The van der Waals surface area contributed by atoms with Crippen LogP contribution in [0.1, 0.15) is 0 Å². The normalized spacial score (nSPS) is 14.5. The minimum atomic E-state index is -0.145. The van der Waals surface area contributed by atoms with Crippen molar-refractivity contribution in [3.63, 3.8) is 0 Å². The average Bonchev–Trinajstić information content (AvgIpc) is 3.21. The average molecular weight is 407 g/mol. The number of nitrogens with zero attached hydrogens (tertiary/aromatic N) is 7. The van der Waals surface area contributed by atoms with Crippen molar-refractivity contribution in [2.75, 3.05) is 42.1 Å². The Morgan fingerprint density at radius 1 is 1.03 bits per heavy atom. The van der Waals surface area contributed by atoms with Crippen molar-refractivity contribution in [1.82, 2.24) is 29.8 Å². The Labute approximate surface area is 169 Å². The van der Waals surface area contributed by atoms with Crippen molar-refractivity contribution in [2.45, 2.75) is 0 Å². The SMILES string of the molecule is Nc1nc(N2CCN(C(=O)Nc3ccc4nccnc4c3)CC2)c2ncsc2n1. The maximum atomic E-state index is 12.7. The molecule has 0 spiro atoms. The molecular weight excluding hydrogens is 390 g/mol. The Kier molecular flexibility index (Phi) is 4.28. The molecule has 0 bridgehead atoms. The third kappa shape index (κ3) is 3.36. The van der Waals surface area contributed by atoms with Crippen LogP contribution in [-0.4, -0.2) is 62.0 Å². The number of amides is 2. The number of aromatic nitrogens is 5. The molecule has 1 aliphatic heterocycles. The molecule has 0 unspecified atom stereocenters. The molecule has 10 nitrogen and oxygen atoms in total. The van der Waals surface area contributed by atoms with Crippen LogP contribution in [0.4, 0.5) is 22.2 Å². The number of piperazine rings is 1. The van der Waals surface area contributed by atoms with Crippen LogP contribution in [-0.2, 0) is 0 Å². The Hall–Kier alpha value is -3.60. The molecule has 0 saturated carbocycles. The number of urea groups is 1. The molecule has 1 saturated heterocycles. The number of rotatable bonds is 2. The standard InChI is InChI=1S/C18H17N9OS/c19-17-24-15(14-16(25-17)29-10-22-14)26-5-7-27(8-6-26)18(28)23-11-1-2-12-13(9-11)21-4-3-20-12/h1-4,9-10H,5-8H2,(H,23,28)(H2,19,24,25). The second kappa shape index (κ2) is 7.09. The molecule has 11 heteroatoms. The zero-order chi connectivity index (χ0) is 19.8. The van der Waals surface area contributed by atoms with Gasteiger partial charge in [-0.15, -0.1) is 11.3 Å². The highest BCUT2D eigenvalue weighted by atomic mass is 32.1. The lowest BCUT2D eigenvalue weighted by Crippen LogP contribution is -2.50. The molecule has 0 aliphatic carbocycles. The van der Waals surface area contributed by atoms with Gasteiger partial charge in [-0.25, -0.2) is 14.8 Å². The largest absolute Gasteiger partial charge is 0.368 e. The van der Waals surface area contributed by atoms with Crippen LogP contribution < -0.4 is 16.0 Å². The van der Waals surface area contributed by atoms with Gasteiger partial charge in [0.05, 0.1) is 16.5 Å². The quantitative estimate of drug-likeness (QED) is 0.516. The van der Waals surface area contributed by atoms with Gasteiger partial charge in [0.2, 0.25) is 5.95 Å². The van der Waals surface area contributed by atoms with Gasteiger partial charge < -0.3 is 20.9 Å². The molecule has 0 radical (unpaired) electrons. The number of nitrogens with one attached hydrogen (secondary N) is 1.